The van der Waals surface area contributed by atoms with Crippen LogP contribution in [0, 0.1) is 0 Å². The van der Waals surface area contributed by atoms with Crippen molar-refractivity contribution in [2.75, 3.05) is 5.73 Å². The van der Waals surface area contributed by atoms with Crippen molar-refractivity contribution in [2.24, 2.45) is 7.05 Å². The number of rotatable bonds is 2. The molecule has 2 aliphatic rings. The second-order valence-corrected chi connectivity index (χ2v) is 6.31. The number of nitrogens with two attached hydrogens (primary N) is 1. The van der Waals surface area contributed by atoms with Crippen molar-refractivity contribution in [3.05, 3.63) is 58.2 Å². The predicted molar refractivity (Wildman–Crippen MR) is 98.4 cm³/mol. The molecule has 0 saturated heterocycles. The van der Waals surface area contributed by atoms with Crippen LogP contribution in [-0.2, 0) is 7.05 Å². The second-order valence-electron chi connectivity index (χ2n) is 6.31. The minimum atomic E-state index is -0.269. The quantitative estimate of drug-likeness (QED) is 0.824. The highest BCUT2D eigenvalue weighted by atomic mass is 16.1. The maximum atomic E-state index is 12.4. The van der Waals surface area contributed by atoms with Crippen molar-refractivity contribution in [1.29, 1.82) is 0 Å². The number of H-pyrrole nitrogens is 1. The molecule has 25 heavy (non-hydrogen) atoms. The Balaban J connectivity index is 2.08. The molecule has 6 nitrogen and oxygen atoms in total. The van der Waals surface area contributed by atoms with Crippen LogP contribution < -0.4 is 15.9 Å². The summed E-state index contributed by atoms with van der Waals surface area (Å²) in [7, 11) is 1.90. The first-order valence-electron chi connectivity index (χ1n) is 8.47. The number of aromatic amines is 1. The van der Waals surface area contributed by atoms with E-state index in [0.717, 1.165) is 42.6 Å². The van der Waals surface area contributed by atoms with Crippen molar-refractivity contribution in [2.45, 2.75) is 25.7 Å². The summed E-state index contributed by atoms with van der Waals surface area (Å²) in [5, 5.41) is 0. The average Bonchev–Trinajstić information content (AvgIpc) is 2.62. The Morgan fingerprint density at radius 2 is 1.76 bits per heavy atom. The van der Waals surface area contributed by atoms with Crippen LogP contribution in [0.15, 0.2) is 41.3 Å². The first kappa shape index (κ1) is 15.5. The first-order chi connectivity index (χ1) is 12.1. The van der Waals surface area contributed by atoms with Crippen LogP contribution >= 0.6 is 0 Å². The summed E-state index contributed by atoms with van der Waals surface area (Å²) in [6.45, 7) is 0. The normalized spacial score (nSPS) is 16.8. The van der Waals surface area contributed by atoms with Gasteiger partial charge in [-0.3, -0.25) is 9.78 Å². The van der Waals surface area contributed by atoms with Crippen molar-refractivity contribution in [3.63, 3.8) is 0 Å². The summed E-state index contributed by atoms with van der Waals surface area (Å²) in [5.41, 5.74) is 10.5. The molecule has 2 aromatic rings. The van der Waals surface area contributed by atoms with Crippen LogP contribution in [0.3, 0.4) is 0 Å². The molecule has 6 heteroatoms. The minimum absolute atomic E-state index is 0.0843. The standard InChI is InChI=1S/C19H19N5O/c1-24-15(13-10-6-3-7-11-13)14(12-8-4-2-5-9-12)21-17-16(24)18(25)23-19(20)22-17/h2-4,6,8,10H,5,7,9,11H2,1H3,(H2-,20,21,22,23,25)/p+1. The fraction of sp³-hybridized carbons (Fsp3) is 0.263. The molecule has 0 aliphatic heterocycles. The molecule has 0 amide bonds. The van der Waals surface area contributed by atoms with Gasteiger partial charge in [-0.25, -0.2) is 4.98 Å². The van der Waals surface area contributed by atoms with Crippen molar-refractivity contribution in [3.8, 4) is 0 Å². The van der Waals surface area contributed by atoms with Crippen molar-refractivity contribution in [1.82, 2.24) is 15.0 Å². The van der Waals surface area contributed by atoms with Gasteiger partial charge >= 0.3 is 11.1 Å². The molecule has 4 rings (SSSR count). The van der Waals surface area contributed by atoms with E-state index in [4.69, 9.17) is 10.7 Å². The molecular formula is C19H20N5O+. The minimum Gasteiger partial charge on any atom is -0.369 e. The zero-order valence-corrected chi connectivity index (χ0v) is 14.1. The number of aromatic nitrogens is 4. The molecule has 2 aliphatic carbocycles. The number of allylic oxidation sites excluding steroid dienone is 8. The SMILES string of the molecule is C[n+]1c(C2=CC=CCC2)c(C2=CC=CCC2)nc2nc(N)[nH]c(=O)c21. The highest BCUT2D eigenvalue weighted by molar-refractivity contribution is 5.80. The second kappa shape index (κ2) is 6.12. The predicted octanol–water partition coefficient (Wildman–Crippen LogP) is 2.19. The van der Waals surface area contributed by atoms with Crippen LogP contribution in [-0.4, -0.2) is 15.0 Å². The third-order valence-corrected chi connectivity index (χ3v) is 4.64. The third kappa shape index (κ3) is 2.69. The smallest absolute Gasteiger partial charge is 0.326 e. The van der Waals surface area contributed by atoms with Crippen LogP contribution in [0.1, 0.15) is 37.1 Å². The fourth-order valence-electron chi connectivity index (χ4n) is 3.47. The fourth-order valence-corrected chi connectivity index (χ4v) is 3.47. The van der Waals surface area contributed by atoms with Gasteiger partial charge in [0.15, 0.2) is 0 Å². The van der Waals surface area contributed by atoms with E-state index in [9.17, 15) is 4.79 Å². The molecule has 2 heterocycles. The van der Waals surface area contributed by atoms with Gasteiger partial charge in [0.1, 0.15) is 12.7 Å². The van der Waals surface area contributed by atoms with Crippen molar-refractivity contribution < 1.29 is 4.57 Å². The highest BCUT2D eigenvalue weighted by Gasteiger charge is 2.28. The molecule has 0 saturated carbocycles. The number of nitrogens with zero attached hydrogens (tertiary/aromatic N) is 3. The van der Waals surface area contributed by atoms with E-state index in [1.54, 1.807) is 0 Å². The number of aryl methyl sites for hydroxylation is 1. The van der Waals surface area contributed by atoms with Crippen LogP contribution in [0.2, 0.25) is 0 Å². The van der Waals surface area contributed by atoms with Gasteiger partial charge in [0.25, 0.3) is 0 Å². The maximum Gasteiger partial charge on any atom is 0.326 e. The number of anilines is 1. The molecule has 0 bridgehead atoms. The van der Waals surface area contributed by atoms with Gasteiger partial charge in [-0.15, -0.1) is 0 Å². The molecular weight excluding hydrogens is 314 g/mol. The van der Waals surface area contributed by atoms with Crippen LogP contribution in [0.5, 0.6) is 0 Å². The molecule has 3 N–H and O–H groups in total. The summed E-state index contributed by atoms with van der Waals surface area (Å²) < 4.78 is 1.91. The Morgan fingerprint density at radius 3 is 2.40 bits per heavy atom. The van der Waals surface area contributed by atoms with E-state index >= 15 is 0 Å². The van der Waals surface area contributed by atoms with E-state index in [2.05, 4.69) is 46.4 Å². The maximum absolute atomic E-state index is 12.4. The van der Waals surface area contributed by atoms with E-state index in [0.29, 0.717) is 11.2 Å². The number of hydrogen-bond donors (Lipinski definition) is 2. The molecule has 0 unspecified atom stereocenters. The lowest BCUT2D eigenvalue weighted by Crippen LogP contribution is -2.41. The Labute approximate surface area is 145 Å². The van der Waals surface area contributed by atoms with Gasteiger partial charge in [-0.05, 0) is 31.3 Å². The highest BCUT2D eigenvalue weighted by Crippen LogP contribution is 2.30. The monoisotopic (exact) mass is 334 g/mol. The first-order valence-corrected chi connectivity index (χ1v) is 8.47. The van der Waals surface area contributed by atoms with E-state index < -0.39 is 0 Å². The molecule has 0 spiro atoms. The Hall–Kier alpha value is -3.02. The Kier molecular flexibility index (Phi) is 3.80. The van der Waals surface area contributed by atoms with E-state index in [-0.39, 0.29) is 11.5 Å². The summed E-state index contributed by atoms with van der Waals surface area (Å²) in [5.74, 6) is 0.0843. The lowest BCUT2D eigenvalue weighted by Gasteiger charge is -2.15. The molecule has 126 valence electrons. The number of nitrogen functional groups attached to an aromatic ring is 1. The van der Waals surface area contributed by atoms with Gasteiger partial charge in [-0.1, -0.05) is 36.5 Å². The Morgan fingerprint density at radius 1 is 1.08 bits per heavy atom. The summed E-state index contributed by atoms with van der Waals surface area (Å²) in [6.07, 6.45) is 16.4. The molecule has 2 aromatic heterocycles. The average molecular weight is 334 g/mol. The largest absolute Gasteiger partial charge is 0.369 e. The summed E-state index contributed by atoms with van der Waals surface area (Å²) in [6, 6.07) is 0. The number of nitrogens with one attached hydrogen (secondary N) is 1. The number of fused-ring (bicyclic) bond motifs is 1. The van der Waals surface area contributed by atoms with Gasteiger partial charge in [0, 0.05) is 5.57 Å². The van der Waals surface area contributed by atoms with Crippen LogP contribution in [0.4, 0.5) is 5.95 Å². The Bertz CT molecular complexity index is 1040. The van der Waals surface area contributed by atoms with Gasteiger partial charge in [-0.2, -0.15) is 9.55 Å². The molecule has 0 aromatic carbocycles. The zero-order chi connectivity index (χ0) is 17.4. The molecule has 0 fully saturated rings. The van der Waals surface area contributed by atoms with E-state index in [1.807, 2.05) is 11.6 Å². The molecule has 0 radical (unpaired) electrons. The summed E-state index contributed by atoms with van der Waals surface area (Å²) >= 11 is 0. The van der Waals surface area contributed by atoms with Gasteiger partial charge < -0.3 is 5.73 Å². The molecule has 0 atom stereocenters. The summed E-state index contributed by atoms with van der Waals surface area (Å²) in [4.78, 5) is 24.0. The third-order valence-electron chi connectivity index (χ3n) is 4.64. The zero-order valence-electron chi connectivity index (χ0n) is 14.1. The topological polar surface area (TPSA) is 88.5 Å². The van der Waals surface area contributed by atoms with Crippen molar-refractivity contribution >= 4 is 28.3 Å². The van der Waals surface area contributed by atoms with Gasteiger partial charge in [0.2, 0.25) is 17.3 Å². The number of hydrogen-bond acceptors (Lipinski definition) is 4. The van der Waals surface area contributed by atoms with E-state index in [1.165, 1.54) is 5.57 Å². The lowest BCUT2D eigenvalue weighted by molar-refractivity contribution is -0.648. The van der Waals surface area contributed by atoms with Crippen LogP contribution in [0.25, 0.3) is 22.3 Å². The lowest BCUT2D eigenvalue weighted by atomic mass is 9.94. The van der Waals surface area contributed by atoms with Gasteiger partial charge in [0.05, 0.1) is 0 Å².